The van der Waals surface area contributed by atoms with Crippen LogP contribution in [0.25, 0.3) is 0 Å². The van der Waals surface area contributed by atoms with Gasteiger partial charge in [0, 0.05) is 0 Å². The van der Waals surface area contributed by atoms with Gasteiger partial charge >= 0.3 is 5.97 Å². The number of amides is 1. The lowest BCUT2D eigenvalue weighted by Crippen LogP contribution is -2.15. The molecule has 0 radical (unpaired) electrons. The highest BCUT2D eigenvalue weighted by atomic mass is 19.1. The fourth-order valence-electron chi connectivity index (χ4n) is 1.60. The molecule has 1 aromatic carbocycles. The van der Waals surface area contributed by atoms with Gasteiger partial charge in [-0.3, -0.25) is 9.59 Å². The molecular weight excluding hydrogens is 217 g/mol. The molecule has 5 nitrogen and oxygen atoms in total. The number of hydrogen-bond acceptors (Lipinski definition) is 3. The van der Waals surface area contributed by atoms with Crippen LogP contribution >= 0.6 is 0 Å². The largest absolute Gasteiger partial charge is 0.475 e. The third kappa shape index (κ3) is 1.54. The first-order valence-corrected chi connectivity index (χ1v) is 4.39. The molecule has 0 fully saturated rings. The fraction of sp³-hybridized carbons (Fsp3) is 0.100. The number of carboxylic acids is 1. The first-order chi connectivity index (χ1) is 7.49. The molecule has 0 aromatic heterocycles. The molecule has 0 bridgehead atoms. The molecule has 1 heterocycles. The molecule has 16 heavy (non-hydrogen) atoms. The number of anilines is 1. The second-order valence-corrected chi connectivity index (χ2v) is 3.35. The maximum atomic E-state index is 13.1. The Morgan fingerprint density at radius 2 is 2.06 bits per heavy atom. The zero-order valence-corrected chi connectivity index (χ0v) is 7.91. The molecule has 0 atom stereocenters. The summed E-state index contributed by atoms with van der Waals surface area (Å²) in [4.78, 5) is 32.8. The van der Waals surface area contributed by atoms with E-state index in [1.807, 2.05) is 0 Å². The van der Waals surface area contributed by atoms with Gasteiger partial charge in [0.05, 0.1) is 17.7 Å². The van der Waals surface area contributed by atoms with E-state index in [9.17, 15) is 18.8 Å². The number of carboxylic acid groups (broad SMARTS) is 1. The van der Waals surface area contributed by atoms with E-state index in [4.69, 9.17) is 5.11 Å². The smallest absolute Gasteiger partial charge is 0.377 e. The van der Waals surface area contributed by atoms with Crippen molar-refractivity contribution >= 4 is 23.3 Å². The molecule has 0 spiro atoms. The van der Waals surface area contributed by atoms with Crippen molar-refractivity contribution in [3.05, 3.63) is 29.1 Å². The lowest BCUT2D eigenvalue weighted by atomic mass is 10.0. The lowest BCUT2D eigenvalue weighted by molar-refractivity contribution is -0.131. The fourth-order valence-corrected chi connectivity index (χ4v) is 1.60. The van der Waals surface area contributed by atoms with Crippen molar-refractivity contribution in [3.63, 3.8) is 0 Å². The Balaban J connectivity index is 2.59. The van der Waals surface area contributed by atoms with E-state index >= 15 is 0 Å². The average Bonchev–Trinajstić information content (AvgIpc) is 2.55. The van der Waals surface area contributed by atoms with Crippen LogP contribution in [0, 0.1) is 5.82 Å². The number of Topliss-reactive ketones (excluding diaryl/α,β-unsaturated/α-hetero) is 1. The number of nitrogens with one attached hydrogen (secondary N) is 1. The Kier molecular flexibility index (Phi) is 2.19. The van der Waals surface area contributed by atoms with Crippen LogP contribution in [0.2, 0.25) is 0 Å². The Labute approximate surface area is 88.9 Å². The zero-order chi connectivity index (χ0) is 11.9. The van der Waals surface area contributed by atoms with E-state index < -0.39 is 17.6 Å². The summed E-state index contributed by atoms with van der Waals surface area (Å²) in [5, 5.41) is 10.9. The topological polar surface area (TPSA) is 83.5 Å². The van der Waals surface area contributed by atoms with Gasteiger partial charge in [0.15, 0.2) is 0 Å². The number of rotatable bonds is 2. The molecule has 2 rings (SSSR count). The summed E-state index contributed by atoms with van der Waals surface area (Å²) in [6, 6.07) is 1.91. The van der Waals surface area contributed by atoms with Gasteiger partial charge in [-0.1, -0.05) is 0 Å². The van der Waals surface area contributed by atoms with Gasteiger partial charge in [0.1, 0.15) is 5.82 Å². The SMILES string of the molecule is O=C1Cc2cc(F)cc(C(=O)C(=O)O)c2N1. The van der Waals surface area contributed by atoms with E-state index in [2.05, 4.69) is 5.32 Å². The highest BCUT2D eigenvalue weighted by Gasteiger charge is 2.27. The molecule has 0 saturated carbocycles. The number of hydrogen-bond donors (Lipinski definition) is 2. The third-order valence-electron chi connectivity index (χ3n) is 2.24. The maximum absolute atomic E-state index is 13.1. The molecule has 1 aliphatic heterocycles. The highest BCUT2D eigenvalue weighted by molar-refractivity contribution is 6.41. The molecule has 82 valence electrons. The van der Waals surface area contributed by atoms with Crippen molar-refractivity contribution in [3.8, 4) is 0 Å². The monoisotopic (exact) mass is 223 g/mol. The summed E-state index contributed by atoms with van der Waals surface area (Å²) < 4.78 is 13.1. The minimum Gasteiger partial charge on any atom is -0.475 e. The first kappa shape index (κ1) is 10.3. The van der Waals surface area contributed by atoms with Crippen LogP contribution in [-0.4, -0.2) is 22.8 Å². The van der Waals surface area contributed by atoms with Crippen molar-refractivity contribution in [2.24, 2.45) is 0 Å². The predicted molar refractivity (Wildman–Crippen MR) is 50.7 cm³/mol. The molecule has 1 aliphatic rings. The number of aliphatic carboxylic acids is 1. The minimum atomic E-state index is -1.69. The maximum Gasteiger partial charge on any atom is 0.377 e. The summed E-state index contributed by atoms with van der Waals surface area (Å²) in [6.45, 7) is 0. The van der Waals surface area contributed by atoms with Crippen molar-refractivity contribution < 1.29 is 23.9 Å². The molecule has 1 amide bonds. The van der Waals surface area contributed by atoms with Gasteiger partial charge in [-0.2, -0.15) is 0 Å². The Hall–Kier alpha value is -2.24. The summed E-state index contributed by atoms with van der Waals surface area (Å²) in [5.74, 6) is -4.05. The van der Waals surface area contributed by atoms with Crippen LogP contribution in [0.5, 0.6) is 0 Å². The zero-order valence-electron chi connectivity index (χ0n) is 7.91. The third-order valence-corrected chi connectivity index (χ3v) is 2.24. The standard InChI is InChI=1S/C10H6FNO4/c11-5-1-4-2-7(13)12-8(4)6(3-5)9(14)10(15)16/h1,3H,2H2,(H,12,13)(H,15,16). The second kappa shape index (κ2) is 3.41. The number of halogens is 1. The van der Waals surface area contributed by atoms with Crippen LogP contribution in [0.15, 0.2) is 12.1 Å². The van der Waals surface area contributed by atoms with E-state index in [0.717, 1.165) is 12.1 Å². The Morgan fingerprint density at radius 3 is 2.69 bits per heavy atom. The Bertz CT molecular complexity index is 524. The van der Waals surface area contributed by atoms with Crippen LogP contribution in [0.1, 0.15) is 15.9 Å². The number of benzene rings is 1. The molecule has 0 saturated heterocycles. The number of carbonyl (C=O) groups excluding carboxylic acids is 2. The number of carbonyl (C=O) groups is 3. The Morgan fingerprint density at radius 1 is 1.38 bits per heavy atom. The van der Waals surface area contributed by atoms with E-state index in [-0.39, 0.29) is 23.6 Å². The van der Waals surface area contributed by atoms with Gasteiger partial charge < -0.3 is 10.4 Å². The molecule has 6 heteroatoms. The van der Waals surface area contributed by atoms with Gasteiger partial charge in [-0.05, 0) is 17.7 Å². The number of fused-ring (bicyclic) bond motifs is 1. The molecular formula is C10H6FNO4. The second-order valence-electron chi connectivity index (χ2n) is 3.35. The van der Waals surface area contributed by atoms with Gasteiger partial charge in [-0.15, -0.1) is 0 Å². The van der Waals surface area contributed by atoms with Gasteiger partial charge in [-0.25, -0.2) is 9.18 Å². The molecule has 0 aliphatic carbocycles. The van der Waals surface area contributed by atoms with Crippen molar-refractivity contribution in [1.82, 2.24) is 0 Å². The lowest BCUT2D eigenvalue weighted by Gasteiger charge is -2.04. The van der Waals surface area contributed by atoms with Gasteiger partial charge in [0.2, 0.25) is 5.91 Å². The van der Waals surface area contributed by atoms with Crippen molar-refractivity contribution in [2.45, 2.75) is 6.42 Å². The first-order valence-electron chi connectivity index (χ1n) is 4.39. The van der Waals surface area contributed by atoms with Crippen LogP contribution in [0.3, 0.4) is 0 Å². The summed E-state index contributed by atoms with van der Waals surface area (Å²) in [5.41, 5.74) is 0.0711. The predicted octanol–water partition coefficient (Wildman–Crippen LogP) is 0.588. The normalized spacial score (nSPS) is 13.2. The molecule has 0 unspecified atom stereocenters. The van der Waals surface area contributed by atoms with Crippen LogP contribution < -0.4 is 5.32 Å². The van der Waals surface area contributed by atoms with E-state index in [1.165, 1.54) is 0 Å². The van der Waals surface area contributed by atoms with E-state index in [1.54, 1.807) is 0 Å². The van der Waals surface area contributed by atoms with Gasteiger partial charge in [0.25, 0.3) is 5.78 Å². The summed E-state index contributed by atoms with van der Waals surface area (Å²) in [7, 11) is 0. The van der Waals surface area contributed by atoms with Crippen molar-refractivity contribution in [2.75, 3.05) is 5.32 Å². The van der Waals surface area contributed by atoms with E-state index in [0.29, 0.717) is 5.56 Å². The average molecular weight is 223 g/mol. The minimum absolute atomic E-state index is 0.0486. The highest BCUT2D eigenvalue weighted by Crippen LogP contribution is 2.28. The number of ketones is 1. The summed E-state index contributed by atoms with van der Waals surface area (Å²) >= 11 is 0. The summed E-state index contributed by atoms with van der Waals surface area (Å²) in [6.07, 6.45) is -0.0486. The molecule has 2 N–H and O–H groups in total. The van der Waals surface area contributed by atoms with Crippen molar-refractivity contribution in [1.29, 1.82) is 0 Å². The quantitative estimate of drug-likeness (QED) is 0.567. The van der Waals surface area contributed by atoms with Crippen LogP contribution in [-0.2, 0) is 16.0 Å². The van der Waals surface area contributed by atoms with Crippen LogP contribution in [0.4, 0.5) is 10.1 Å². The molecule has 1 aromatic rings.